The minimum atomic E-state index is 0.478. The van der Waals surface area contributed by atoms with Crippen LogP contribution in [0.25, 0.3) is 0 Å². The quantitative estimate of drug-likeness (QED) is 0.662. The number of hydrogen-bond acceptors (Lipinski definition) is 4. The molecule has 0 radical (unpaired) electrons. The van der Waals surface area contributed by atoms with Gasteiger partial charge in [-0.1, -0.05) is 11.6 Å². The van der Waals surface area contributed by atoms with Gasteiger partial charge in [0.15, 0.2) is 0 Å². The van der Waals surface area contributed by atoms with Crippen molar-refractivity contribution in [3.63, 3.8) is 0 Å². The number of halogens is 1. The molecule has 1 heterocycles. The molecule has 0 spiro atoms. The van der Waals surface area contributed by atoms with E-state index in [1.54, 1.807) is 11.6 Å². The lowest BCUT2D eigenvalue weighted by molar-refractivity contribution is 0.679. The first kappa shape index (κ1) is 12.4. The zero-order chi connectivity index (χ0) is 12.1. The molecule has 0 unspecified atom stereocenters. The zero-order valence-electron chi connectivity index (χ0n) is 9.75. The molecule has 5 heteroatoms. The summed E-state index contributed by atoms with van der Waals surface area (Å²) in [4.78, 5) is 8.33. The number of allylic oxidation sites excluding steroid dienone is 1. The Morgan fingerprint density at radius 3 is 2.94 bits per heavy atom. The van der Waals surface area contributed by atoms with Crippen LogP contribution >= 0.6 is 15.9 Å². The van der Waals surface area contributed by atoms with E-state index in [2.05, 4.69) is 37.3 Å². The number of hydrogen-bond donors (Lipinski definition) is 2. The van der Waals surface area contributed by atoms with Crippen LogP contribution in [-0.4, -0.2) is 16.5 Å². The molecule has 0 aromatic carbocycles. The van der Waals surface area contributed by atoms with Crippen molar-refractivity contribution in [2.45, 2.75) is 32.1 Å². The average molecular weight is 297 g/mol. The Morgan fingerprint density at radius 2 is 2.24 bits per heavy atom. The summed E-state index contributed by atoms with van der Waals surface area (Å²) < 4.78 is 0.712. The first-order chi connectivity index (χ1) is 8.24. The molecular formula is C12H17BrN4. The van der Waals surface area contributed by atoms with E-state index in [-0.39, 0.29) is 0 Å². The fourth-order valence-corrected chi connectivity index (χ4v) is 2.38. The second kappa shape index (κ2) is 6.00. The maximum Gasteiger partial charge on any atom is 0.225 e. The van der Waals surface area contributed by atoms with E-state index in [0.717, 1.165) is 13.0 Å². The van der Waals surface area contributed by atoms with Gasteiger partial charge in [-0.2, -0.15) is 4.98 Å². The van der Waals surface area contributed by atoms with Crippen LogP contribution in [-0.2, 0) is 0 Å². The van der Waals surface area contributed by atoms with E-state index in [1.807, 2.05) is 0 Å². The molecule has 1 aromatic rings. The van der Waals surface area contributed by atoms with Gasteiger partial charge in [-0.3, -0.25) is 0 Å². The van der Waals surface area contributed by atoms with Gasteiger partial charge in [-0.05, 0) is 48.0 Å². The van der Waals surface area contributed by atoms with E-state index < -0.39 is 0 Å². The number of aromatic nitrogens is 2. The number of nitrogens with one attached hydrogen (secondary N) is 1. The third-order valence-corrected chi connectivity index (χ3v) is 3.24. The van der Waals surface area contributed by atoms with Gasteiger partial charge < -0.3 is 11.1 Å². The van der Waals surface area contributed by atoms with Gasteiger partial charge in [0, 0.05) is 12.6 Å². The molecule has 0 saturated carbocycles. The predicted octanol–water partition coefficient (Wildman–Crippen LogP) is 3.12. The molecular weight excluding hydrogens is 280 g/mol. The highest BCUT2D eigenvalue weighted by Crippen LogP contribution is 2.20. The minimum absolute atomic E-state index is 0.478. The number of anilines is 2. The Bertz CT molecular complexity index is 397. The molecule has 0 amide bonds. The second-order valence-corrected chi connectivity index (χ2v) is 5.04. The SMILES string of the molecule is Nc1cc(Br)nc(NCCC2=CCCCC2)n1. The van der Waals surface area contributed by atoms with E-state index in [1.165, 1.54) is 25.7 Å². The largest absolute Gasteiger partial charge is 0.383 e. The molecule has 0 atom stereocenters. The van der Waals surface area contributed by atoms with Crippen LogP contribution in [0.1, 0.15) is 32.1 Å². The maximum absolute atomic E-state index is 5.64. The van der Waals surface area contributed by atoms with E-state index >= 15 is 0 Å². The molecule has 0 fully saturated rings. The molecule has 1 aromatic heterocycles. The lowest BCUT2D eigenvalue weighted by Crippen LogP contribution is -2.08. The highest BCUT2D eigenvalue weighted by atomic mass is 79.9. The molecule has 2 rings (SSSR count). The van der Waals surface area contributed by atoms with Crippen molar-refractivity contribution in [1.29, 1.82) is 0 Å². The number of nitrogen functional groups attached to an aromatic ring is 1. The van der Waals surface area contributed by atoms with Gasteiger partial charge in [-0.25, -0.2) is 4.98 Å². The van der Waals surface area contributed by atoms with Gasteiger partial charge in [-0.15, -0.1) is 0 Å². The summed E-state index contributed by atoms with van der Waals surface area (Å²) in [6.07, 6.45) is 8.56. The van der Waals surface area contributed by atoms with Gasteiger partial charge in [0.1, 0.15) is 10.4 Å². The van der Waals surface area contributed by atoms with Gasteiger partial charge in [0.25, 0.3) is 0 Å². The van der Waals surface area contributed by atoms with Crippen LogP contribution in [0, 0.1) is 0 Å². The molecule has 1 aliphatic rings. The van der Waals surface area contributed by atoms with E-state index in [4.69, 9.17) is 5.73 Å². The Morgan fingerprint density at radius 1 is 1.35 bits per heavy atom. The third kappa shape index (κ3) is 4.00. The lowest BCUT2D eigenvalue weighted by Gasteiger charge is -2.13. The Kier molecular flexibility index (Phi) is 4.36. The van der Waals surface area contributed by atoms with Gasteiger partial charge in [0.05, 0.1) is 0 Å². The van der Waals surface area contributed by atoms with Crippen molar-refractivity contribution in [3.05, 3.63) is 22.3 Å². The van der Waals surface area contributed by atoms with Crippen molar-refractivity contribution in [2.75, 3.05) is 17.6 Å². The van der Waals surface area contributed by atoms with E-state index in [0.29, 0.717) is 16.4 Å². The Balaban J connectivity index is 1.83. The zero-order valence-corrected chi connectivity index (χ0v) is 11.3. The normalized spacial score (nSPS) is 15.5. The summed E-state index contributed by atoms with van der Waals surface area (Å²) in [5, 5.41) is 3.20. The van der Waals surface area contributed by atoms with Gasteiger partial charge in [0.2, 0.25) is 5.95 Å². The number of nitrogens with two attached hydrogens (primary N) is 1. The third-order valence-electron chi connectivity index (χ3n) is 2.83. The van der Waals surface area contributed by atoms with Crippen LogP contribution in [0.15, 0.2) is 22.3 Å². The molecule has 0 saturated heterocycles. The molecule has 0 aliphatic heterocycles. The molecule has 3 N–H and O–H groups in total. The average Bonchev–Trinajstić information content (AvgIpc) is 2.29. The Labute approximate surface area is 110 Å². The first-order valence-electron chi connectivity index (χ1n) is 5.96. The van der Waals surface area contributed by atoms with Crippen molar-refractivity contribution in [2.24, 2.45) is 0 Å². The smallest absolute Gasteiger partial charge is 0.225 e. The summed E-state index contributed by atoms with van der Waals surface area (Å²) in [5.74, 6) is 1.07. The topological polar surface area (TPSA) is 63.8 Å². The van der Waals surface area contributed by atoms with Crippen LogP contribution in [0.5, 0.6) is 0 Å². The standard InChI is InChI=1S/C12H17BrN4/c13-10-8-11(14)17-12(16-10)15-7-6-9-4-2-1-3-5-9/h4,8H,1-3,5-7H2,(H3,14,15,16,17). The molecule has 4 nitrogen and oxygen atoms in total. The van der Waals surface area contributed by atoms with Crippen molar-refractivity contribution in [1.82, 2.24) is 9.97 Å². The second-order valence-electron chi connectivity index (χ2n) is 4.22. The highest BCUT2D eigenvalue weighted by Gasteiger charge is 2.04. The lowest BCUT2D eigenvalue weighted by atomic mass is 9.97. The van der Waals surface area contributed by atoms with Crippen LogP contribution < -0.4 is 11.1 Å². The molecule has 17 heavy (non-hydrogen) atoms. The fraction of sp³-hybridized carbons (Fsp3) is 0.500. The maximum atomic E-state index is 5.64. The van der Waals surface area contributed by atoms with E-state index in [9.17, 15) is 0 Å². The summed E-state index contributed by atoms with van der Waals surface area (Å²) in [6.45, 7) is 0.863. The number of rotatable bonds is 4. The molecule has 0 bridgehead atoms. The first-order valence-corrected chi connectivity index (χ1v) is 6.75. The summed E-state index contributed by atoms with van der Waals surface area (Å²) in [6, 6.07) is 1.69. The van der Waals surface area contributed by atoms with Crippen molar-refractivity contribution in [3.8, 4) is 0 Å². The van der Waals surface area contributed by atoms with Crippen LogP contribution in [0.2, 0.25) is 0 Å². The minimum Gasteiger partial charge on any atom is -0.383 e. The monoisotopic (exact) mass is 296 g/mol. The summed E-state index contributed by atoms with van der Waals surface area (Å²) >= 11 is 3.30. The van der Waals surface area contributed by atoms with Crippen molar-refractivity contribution >= 4 is 27.7 Å². The molecule has 92 valence electrons. The van der Waals surface area contributed by atoms with Gasteiger partial charge >= 0.3 is 0 Å². The van der Waals surface area contributed by atoms with Crippen LogP contribution in [0.3, 0.4) is 0 Å². The summed E-state index contributed by atoms with van der Waals surface area (Å²) in [5.41, 5.74) is 7.19. The summed E-state index contributed by atoms with van der Waals surface area (Å²) in [7, 11) is 0. The Hall–Kier alpha value is -1.10. The number of nitrogens with zero attached hydrogens (tertiary/aromatic N) is 2. The highest BCUT2D eigenvalue weighted by molar-refractivity contribution is 9.10. The fourth-order valence-electron chi connectivity index (χ4n) is 1.98. The van der Waals surface area contributed by atoms with Crippen molar-refractivity contribution < 1.29 is 0 Å². The predicted molar refractivity (Wildman–Crippen MR) is 73.8 cm³/mol. The molecule has 1 aliphatic carbocycles. The van der Waals surface area contributed by atoms with Crippen LogP contribution in [0.4, 0.5) is 11.8 Å².